The largest absolute Gasteiger partial charge is 0.472 e. The molecule has 3 amide bonds. The van der Waals surface area contributed by atoms with Crippen LogP contribution in [0, 0.1) is 0 Å². The standard InChI is InChI=1S/C6H8N4O3/c7-8-6(12)10-9-5(11)4-1-2-13-3-4/h1-3H,7H2,(H,9,11)(H2,8,10,12). The van der Waals surface area contributed by atoms with Gasteiger partial charge in [0.25, 0.3) is 5.91 Å². The van der Waals surface area contributed by atoms with E-state index in [9.17, 15) is 9.59 Å². The smallest absolute Gasteiger partial charge is 0.347 e. The normalized spacial score (nSPS) is 9.00. The van der Waals surface area contributed by atoms with E-state index in [-0.39, 0.29) is 0 Å². The maximum Gasteiger partial charge on any atom is 0.347 e. The number of hydrogen-bond donors (Lipinski definition) is 4. The number of amides is 3. The summed E-state index contributed by atoms with van der Waals surface area (Å²) in [5.41, 5.74) is 6.18. The Bertz CT molecular complexity index is 295. The minimum atomic E-state index is -0.711. The highest BCUT2D eigenvalue weighted by atomic mass is 16.3. The first-order chi connectivity index (χ1) is 6.24. The fraction of sp³-hybridized carbons (Fsp3) is 0. The first kappa shape index (κ1) is 9.07. The third-order valence-corrected chi connectivity index (χ3v) is 1.20. The lowest BCUT2D eigenvalue weighted by molar-refractivity contribution is 0.0935. The topological polar surface area (TPSA) is 109 Å². The Morgan fingerprint density at radius 3 is 2.69 bits per heavy atom. The van der Waals surface area contributed by atoms with E-state index >= 15 is 0 Å². The van der Waals surface area contributed by atoms with Crippen molar-refractivity contribution in [1.29, 1.82) is 0 Å². The third-order valence-electron chi connectivity index (χ3n) is 1.20. The van der Waals surface area contributed by atoms with Crippen molar-refractivity contribution in [1.82, 2.24) is 16.3 Å². The highest BCUT2D eigenvalue weighted by molar-refractivity contribution is 5.94. The van der Waals surface area contributed by atoms with Crippen molar-refractivity contribution in [3.05, 3.63) is 24.2 Å². The van der Waals surface area contributed by atoms with Gasteiger partial charge in [0.15, 0.2) is 0 Å². The van der Waals surface area contributed by atoms with E-state index in [1.54, 1.807) is 5.43 Å². The Balaban J connectivity index is 2.39. The van der Waals surface area contributed by atoms with Crippen LogP contribution in [0.5, 0.6) is 0 Å². The Hall–Kier alpha value is -2.02. The summed E-state index contributed by atoms with van der Waals surface area (Å²) in [6, 6.07) is 0.744. The molecule has 0 radical (unpaired) electrons. The maximum atomic E-state index is 11.1. The molecule has 0 aliphatic carbocycles. The molecule has 0 saturated carbocycles. The number of carbonyl (C=O) groups excluding carboxylic acids is 2. The molecule has 1 aromatic rings. The van der Waals surface area contributed by atoms with Gasteiger partial charge < -0.3 is 4.42 Å². The Morgan fingerprint density at radius 1 is 1.38 bits per heavy atom. The van der Waals surface area contributed by atoms with Gasteiger partial charge in [-0.25, -0.2) is 16.1 Å². The molecule has 7 nitrogen and oxygen atoms in total. The minimum Gasteiger partial charge on any atom is -0.472 e. The van der Waals surface area contributed by atoms with Crippen LogP contribution in [0.3, 0.4) is 0 Å². The molecule has 0 unspecified atom stereocenters. The molecule has 0 bridgehead atoms. The summed E-state index contributed by atoms with van der Waals surface area (Å²) in [5.74, 6) is 4.26. The number of hydrogen-bond acceptors (Lipinski definition) is 4. The average Bonchev–Trinajstić information content (AvgIpc) is 2.66. The number of carbonyl (C=O) groups is 2. The van der Waals surface area contributed by atoms with Gasteiger partial charge in [-0.3, -0.25) is 15.6 Å². The number of hydrazine groups is 2. The van der Waals surface area contributed by atoms with Gasteiger partial charge in [0.05, 0.1) is 11.8 Å². The van der Waals surface area contributed by atoms with Crippen molar-refractivity contribution in [3.63, 3.8) is 0 Å². The minimum absolute atomic E-state index is 0.303. The summed E-state index contributed by atoms with van der Waals surface area (Å²) in [5, 5.41) is 0. The van der Waals surface area contributed by atoms with Gasteiger partial charge in [-0.05, 0) is 6.07 Å². The van der Waals surface area contributed by atoms with Crippen LogP contribution in [0.1, 0.15) is 10.4 Å². The zero-order chi connectivity index (χ0) is 9.68. The summed E-state index contributed by atoms with van der Waals surface area (Å²) < 4.78 is 4.65. The second-order valence-corrected chi connectivity index (χ2v) is 2.06. The number of rotatable bonds is 1. The quantitative estimate of drug-likeness (QED) is 0.257. The summed E-state index contributed by atoms with van der Waals surface area (Å²) >= 11 is 0. The molecule has 0 aromatic carbocycles. The molecule has 0 aliphatic heterocycles. The highest BCUT2D eigenvalue weighted by Gasteiger charge is 2.06. The lowest BCUT2D eigenvalue weighted by atomic mass is 10.3. The average molecular weight is 184 g/mol. The van der Waals surface area contributed by atoms with E-state index in [1.807, 2.05) is 5.43 Å². The van der Waals surface area contributed by atoms with Crippen molar-refractivity contribution in [2.75, 3.05) is 0 Å². The Kier molecular flexibility index (Phi) is 2.87. The van der Waals surface area contributed by atoms with E-state index in [1.165, 1.54) is 18.6 Å². The van der Waals surface area contributed by atoms with Gasteiger partial charge in [0.1, 0.15) is 6.26 Å². The number of nitrogens with one attached hydrogen (secondary N) is 3. The monoisotopic (exact) mass is 184 g/mol. The van der Waals surface area contributed by atoms with E-state index < -0.39 is 11.9 Å². The molecule has 1 rings (SSSR count). The maximum absolute atomic E-state index is 11.1. The molecule has 0 aliphatic rings. The van der Waals surface area contributed by atoms with Crippen molar-refractivity contribution < 1.29 is 14.0 Å². The number of furan rings is 1. The van der Waals surface area contributed by atoms with Gasteiger partial charge in [-0.1, -0.05) is 0 Å². The van der Waals surface area contributed by atoms with Gasteiger partial charge in [0.2, 0.25) is 0 Å². The summed E-state index contributed by atoms with van der Waals surface area (Å²) in [6.45, 7) is 0. The molecule has 0 atom stereocenters. The molecule has 7 heteroatoms. The second-order valence-electron chi connectivity index (χ2n) is 2.06. The van der Waals surface area contributed by atoms with Crippen molar-refractivity contribution in [3.8, 4) is 0 Å². The van der Waals surface area contributed by atoms with E-state index in [0.29, 0.717) is 5.56 Å². The van der Waals surface area contributed by atoms with Crippen LogP contribution >= 0.6 is 0 Å². The third kappa shape index (κ3) is 2.49. The van der Waals surface area contributed by atoms with Gasteiger partial charge in [0, 0.05) is 0 Å². The summed E-state index contributed by atoms with van der Waals surface area (Å²) in [7, 11) is 0. The lowest BCUT2D eigenvalue weighted by Gasteiger charge is -2.03. The molecule has 0 fully saturated rings. The van der Waals surface area contributed by atoms with Crippen LogP contribution in [-0.2, 0) is 0 Å². The van der Waals surface area contributed by atoms with Crippen LogP contribution < -0.4 is 22.1 Å². The van der Waals surface area contributed by atoms with Gasteiger partial charge in [-0.2, -0.15) is 0 Å². The van der Waals surface area contributed by atoms with E-state index in [2.05, 4.69) is 9.84 Å². The molecule has 70 valence electrons. The van der Waals surface area contributed by atoms with Crippen LogP contribution in [-0.4, -0.2) is 11.9 Å². The van der Waals surface area contributed by atoms with E-state index in [0.717, 1.165) is 0 Å². The first-order valence-electron chi connectivity index (χ1n) is 3.33. The highest BCUT2D eigenvalue weighted by Crippen LogP contribution is 1.97. The van der Waals surface area contributed by atoms with Crippen molar-refractivity contribution in [2.24, 2.45) is 5.84 Å². The molecule has 1 heterocycles. The van der Waals surface area contributed by atoms with Crippen molar-refractivity contribution >= 4 is 11.9 Å². The Labute approximate surface area is 73.2 Å². The van der Waals surface area contributed by atoms with Crippen LogP contribution in [0.15, 0.2) is 23.0 Å². The lowest BCUT2D eigenvalue weighted by Crippen LogP contribution is -2.49. The van der Waals surface area contributed by atoms with Crippen LogP contribution in [0.4, 0.5) is 4.79 Å². The fourth-order valence-electron chi connectivity index (χ4n) is 0.615. The van der Waals surface area contributed by atoms with Gasteiger partial charge in [-0.15, -0.1) is 0 Å². The van der Waals surface area contributed by atoms with Gasteiger partial charge >= 0.3 is 6.03 Å². The predicted molar refractivity (Wildman–Crippen MR) is 42.0 cm³/mol. The first-order valence-corrected chi connectivity index (χ1v) is 3.33. The summed E-state index contributed by atoms with van der Waals surface area (Å²) in [6.07, 6.45) is 2.59. The molecule has 0 saturated heterocycles. The molecule has 13 heavy (non-hydrogen) atoms. The molecular formula is C6H8N4O3. The molecule has 1 aromatic heterocycles. The fourth-order valence-corrected chi connectivity index (χ4v) is 0.615. The van der Waals surface area contributed by atoms with Crippen LogP contribution in [0.2, 0.25) is 0 Å². The Morgan fingerprint density at radius 2 is 2.15 bits per heavy atom. The molecular weight excluding hydrogens is 176 g/mol. The SMILES string of the molecule is NNC(=O)NNC(=O)c1ccoc1. The molecule has 5 N–H and O–H groups in total. The summed E-state index contributed by atoms with van der Waals surface area (Å²) in [4.78, 5) is 21.6. The van der Waals surface area contributed by atoms with E-state index in [4.69, 9.17) is 5.84 Å². The number of nitrogens with two attached hydrogens (primary N) is 1. The zero-order valence-corrected chi connectivity index (χ0v) is 6.53. The zero-order valence-electron chi connectivity index (χ0n) is 6.53. The predicted octanol–water partition coefficient (Wildman–Crippen LogP) is -0.903. The molecule has 0 spiro atoms. The van der Waals surface area contributed by atoms with Crippen molar-refractivity contribution in [2.45, 2.75) is 0 Å². The second kappa shape index (κ2) is 4.12. The van der Waals surface area contributed by atoms with Crippen LogP contribution in [0.25, 0.3) is 0 Å². The number of urea groups is 1.